The molecule has 9 heteroatoms. The molecule has 29 heavy (non-hydrogen) atoms. The maximum absolute atomic E-state index is 13.0. The highest BCUT2D eigenvalue weighted by molar-refractivity contribution is 7.89. The zero-order valence-electron chi connectivity index (χ0n) is 17.0. The summed E-state index contributed by atoms with van der Waals surface area (Å²) in [6, 6.07) is 3.93. The fourth-order valence-electron chi connectivity index (χ4n) is 4.42. The number of hydrogen-bond acceptors (Lipinski definition) is 4. The first-order valence-electron chi connectivity index (χ1n) is 10.4. The lowest BCUT2D eigenvalue weighted by molar-refractivity contribution is 0.130. The van der Waals surface area contributed by atoms with E-state index < -0.39 is 15.3 Å². The van der Waals surface area contributed by atoms with Gasteiger partial charge in [0.2, 0.25) is 10.0 Å². The van der Waals surface area contributed by atoms with Crippen molar-refractivity contribution in [3.63, 3.8) is 0 Å². The maximum atomic E-state index is 13.0. The van der Waals surface area contributed by atoms with Crippen LogP contribution in [0.5, 0.6) is 0 Å². The summed E-state index contributed by atoms with van der Waals surface area (Å²) in [5.74, 6) is 0.335. The Hall–Kier alpha value is -2.13. The summed E-state index contributed by atoms with van der Waals surface area (Å²) in [6.45, 7) is 6.80. The van der Waals surface area contributed by atoms with E-state index >= 15 is 0 Å². The Bertz CT molecular complexity index is 971. The van der Waals surface area contributed by atoms with Crippen LogP contribution in [0.2, 0.25) is 0 Å². The highest BCUT2D eigenvalue weighted by Gasteiger charge is 2.44. The molecular formula is C20H29N5O3S. The Morgan fingerprint density at radius 3 is 2.59 bits per heavy atom. The van der Waals surface area contributed by atoms with Gasteiger partial charge < -0.3 is 14.8 Å². The highest BCUT2D eigenvalue weighted by atomic mass is 32.2. The van der Waals surface area contributed by atoms with Crippen LogP contribution in [0.25, 0.3) is 11.0 Å². The van der Waals surface area contributed by atoms with E-state index in [9.17, 15) is 13.2 Å². The quantitative estimate of drug-likeness (QED) is 0.805. The Labute approximate surface area is 171 Å². The maximum Gasteiger partial charge on any atom is 0.320 e. The predicted octanol–water partition coefficient (Wildman–Crippen LogP) is 2.22. The molecule has 158 valence electrons. The standard InChI is InChI=1S/C20H29N5O3S/c1-3-23(4-2)20(26)24-13-16(14-24)29(27,28)25-10-7-15(8-11-25)18-12-22-19-17(18)6-5-9-21-19/h5-6,9,12,15-16H,3-4,7-8,10-11,13-14H2,1-2H3,(H,21,22). The molecule has 0 radical (unpaired) electrons. The third-order valence-corrected chi connectivity index (χ3v) is 8.54. The Kier molecular flexibility index (Phi) is 5.52. The summed E-state index contributed by atoms with van der Waals surface area (Å²) in [5, 5.41) is 0.647. The average Bonchev–Trinajstić information content (AvgIpc) is 3.12. The van der Waals surface area contributed by atoms with Gasteiger partial charge >= 0.3 is 6.03 Å². The zero-order valence-corrected chi connectivity index (χ0v) is 17.9. The molecule has 2 fully saturated rings. The predicted molar refractivity (Wildman–Crippen MR) is 112 cm³/mol. The first-order chi connectivity index (χ1) is 14.0. The zero-order chi connectivity index (χ0) is 20.6. The summed E-state index contributed by atoms with van der Waals surface area (Å²) in [7, 11) is -3.36. The van der Waals surface area contributed by atoms with Crippen LogP contribution in [0.15, 0.2) is 24.5 Å². The molecule has 0 bridgehead atoms. The number of nitrogens with one attached hydrogen (secondary N) is 1. The van der Waals surface area contributed by atoms with Crippen molar-refractivity contribution < 1.29 is 13.2 Å². The largest absolute Gasteiger partial charge is 0.346 e. The average molecular weight is 420 g/mol. The molecule has 0 aromatic carbocycles. The topological polar surface area (TPSA) is 89.6 Å². The van der Waals surface area contributed by atoms with E-state index in [0.717, 1.165) is 23.9 Å². The molecule has 4 heterocycles. The Morgan fingerprint density at radius 2 is 1.93 bits per heavy atom. The van der Waals surface area contributed by atoms with E-state index in [-0.39, 0.29) is 6.03 Å². The van der Waals surface area contributed by atoms with Crippen LogP contribution in [0.1, 0.15) is 38.2 Å². The first kappa shape index (κ1) is 20.2. The third kappa shape index (κ3) is 3.61. The van der Waals surface area contributed by atoms with Gasteiger partial charge in [-0.3, -0.25) is 0 Å². The number of amides is 2. The van der Waals surface area contributed by atoms with Gasteiger partial charge in [0, 0.05) is 57.0 Å². The summed E-state index contributed by atoms with van der Waals surface area (Å²) < 4.78 is 27.6. The van der Waals surface area contributed by atoms with E-state index in [1.807, 2.05) is 26.1 Å². The lowest BCUT2D eigenvalue weighted by atomic mass is 9.90. The molecule has 2 aromatic rings. The van der Waals surface area contributed by atoms with Crippen LogP contribution in [0, 0.1) is 0 Å². The Morgan fingerprint density at radius 1 is 1.24 bits per heavy atom. The number of carbonyl (C=O) groups excluding carboxylic acids is 1. The number of pyridine rings is 1. The van der Waals surface area contributed by atoms with Crippen molar-refractivity contribution in [3.8, 4) is 0 Å². The van der Waals surface area contributed by atoms with Crippen molar-refractivity contribution in [2.75, 3.05) is 39.3 Å². The lowest BCUT2D eigenvalue weighted by Gasteiger charge is -2.43. The Balaban J connectivity index is 1.35. The summed E-state index contributed by atoms with van der Waals surface area (Å²) in [6.07, 6.45) is 5.38. The SMILES string of the molecule is CCN(CC)C(=O)N1CC(S(=O)(=O)N2CCC(c3c[nH]c4ncccc34)CC2)C1. The van der Waals surface area contributed by atoms with Crippen molar-refractivity contribution in [2.45, 2.75) is 37.9 Å². The smallest absolute Gasteiger partial charge is 0.320 e. The van der Waals surface area contributed by atoms with E-state index in [2.05, 4.69) is 16.0 Å². The van der Waals surface area contributed by atoms with Crippen molar-refractivity contribution in [2.24, 2.45) is 0 Å². The molecule has 2 aliphatic heterocycles. The van der Waals surface area contributed by atoms with Gasteiger partial charge in [-0.1, -0.05) is 0 Å². The van der Waals surface area contributed by atoms with Crippen molar-refractivity contribution in [3.05, 3.63) is 30.1 Å². The molecule has 2 amide bonds. The van der Waals surface area contributed by atoms with Crippen molar-refractivity contribution in [1.29, 1.82) is 0 Å². The summed E-state index contributed by atoms with van der Waals surface area (Å²) in [4.78, 5) is 23.3. The molecule has 8 nitrogen and oxygen atoms in total. The number of piperidine rings is 1. The first-order valence-corrected chi connectivity index (χ1v) is 11.9. The lowest BCUT2D eigenvalue weighted by Crippen LogP contribution is -2.62. The van der Waals surface area contributed by atoms with Gasteiger partial charge in [-0.25, -0.2) is 22.5 Å². The number of fused-ring (bicyclic) bond motifs is 1. The summed E-state index contributed by atoms with van der Waals surface area (Å²) >= 11 is 0. The van der Waals surface area contributed by atoms with Crippen LogP contribution < -0.4 is 0 Å². The molecule has 4 rings (SSSR count). The summed E-state index contributed by atoms with van der Waals surface area (Å²) in [5.41, 5.74) is 2.11. The molecule has 0 unspecified atom stereocenters. The number of H-pyrrole nitrogens is 1. The van der Waals surface area contributed by atoms with Crippen LogP contribution in [0.4, 0.5) is 4.79 Å². The molecule has 1 N–H and O–H groups in total. The van der Waals surface area contributed by atoms with Gasteiger partial charge in [0.15, 0.2) is 0 Å². The number of carbonyl (C=O) groups is 1. The van der Waals surface area contributed by atoms with Crippen molar-refractivity contribution in [1.82, 2.24) is 24.1 Å². The fraction of sp³-hybridized carbons (Fsp3) is 0.600. The van der Waals surface area contributed by atoms with E-state index in [1.54, 1.807) is 20.3 Å². The van der Waals surface area contributed by atoms with Crippen LogP contribution in [-0.2, 0) is 10.0 Å². The minimum Gasteiger partial charge on any atom is -0.346 e. The molecular weight excluding hydrogens is 390 g/mol. The highest BCUT2D eigenvalue weighted by Crippen LogP contribution is 2.34. The molecule has 0 aliphatic carbocycles. The van der Waals surface area contributed by atoms with Gasteiger partial charge in [-0.15, -0.1) is 0 Å². The second-order valence-corrected chi connectivity index (χ2v) is 10.1. The minimum atomic E-state index is -3.36. The molecule has 0 spiro atoms. The number of aromatic amines is 1. The van der Waals surface area contributed by atoms with Gasteiger partial charge in [-0.2, -0.15) is 0 Å². The molecule has 2 aromatic heterocycles. The van der Waals surface area contributed by atoms with E-state index in [4.69, 9.17) is 0 Å². The van der Waals surface area contributed by atoms with Crippen LogP contribution in [0.3, 0.4) is 0 Å². The number of urea groups is 1. The van der Waals surface area contributed by atoms with Gasteiger partial charge in [0.1, 0.15) is 10.9 Å². The number of aromatic nitrogens is 2. The number of hydrogen-bond donors (Lipinski definition) is 1. The van der Waals surface area contributed by atoms with Gasteiger partial charge in [-0.05, 0) is 50.3 Å². The van der Waals surface area contributed by atoms with E-state index in [0.29, 0.717) is 45.2 Å². The number of likely N-dealkylation sites (tertiary alicyclic amines) is 1. The van der Waals surface area contributed by atoms with Gasteiger partial charge in [0.05, 0.1) is 0 Å². The van der Waals surface area contributed by atoms with Crippen LogP contribution >= 0.6 is 0 Å². The molecule has 0 atom stereocenters. The second kappa shape index (κ2) is 7.95. The second-order valence-electron chi connectivity index (χ2n) is 7.84. The fourth-order valence-corrected chi connectivity index (χ4v) is 6.30. The number of nitrogens with zero attached hydrogens (tertiary/aromatic N) is 4. The normalized spacial score (nSPS) is 19.4. The van der Waals surface area contributed by atoms with Crippen LogP contribution in [-0.4, -0.2) is 83.0 Å². The number of sulfonamides is 1. The molecule has 0 saturated carbocycles. The third-order valence-electron chi connectivity index (χ3n) is 6.31. The minimum absolute atomic E-state index is 0.0619. The molecule has 2 saturated heterocycles. The monoisotopic (exact) mass is 419 g/mol. The van der Waals surface area contributed by atoms with Crippen molar-refractivity contribution >= 4 is 27.1 Å². The molecule has 2 aliphatic rings. The van der Waals surface area contributed by atoms with E-state index in [1.165, 1.54) is 5.56 Å². The number of rotatable bonds is 5. The van der Waals surface area contributed by atoms with Gasteiger partial charge in [0.25, 0.3) is 0 Å².